The minimum atomic E-state index is -0.886. The van der Waals surface area contributed by atoms with Crippen LogP contribution in [0.1, 0.15) is 149 Å². The minimum Gasteiger partial charge on any atom is -0.477 e. The molecule has 0 bridgehead atoms. The predicted octanol–water partition coefficient (Wildman–Crippen LogP) is 12.3. The number of quaternary nitrogens is 1. The van der Waals surface area contributed by atoms with Crippen molar-refractivity contribution in [3.63, 3.8) is 0 Å². The van der Waals surface area contributed by atoms with E-state index in [0.717, 1.165) is 103 Å². The summed E-state index contributed by atoms with van der Waals surface area (Å²) in [5.74, 6) is -1.53. The number of unbranched alkanes of at least 4 members (excludes halogenated alkanes) is 11. The molecular weight excluding hydrogens is 727 g/mol. The molecule has 0 rings (SSSR count). The van der Waals surface area contributed by atoms with Gasteiger partial charge in [-0.2, -0.15) is 0 Å². The Morgan fingerprint density at radius 2 is 1.00 bits per heavy atom. The number of aliphatic carboxylic acids is 1. The fraction of sp³-hybridized carbons (Fsp3) is 0.620. The number of carbonyl (C=O) groups excluding carboxylic acids is 2. The zero-order valence-corrected chi connectivity index (χ0v) is 37.2. The maximum atomic E-state index is 12.7. The van der Waals surface area contributed by atoms with E-state index in [1.54, 1.807) is 0 Å². The van der Waals surface area contributed by atoms with Crippen molar-refractivity contribution in [1.82, 2.24) is 0 Å². The second kappa shape index (κ2) is 40.0. The van der Waals surface area contributed by atoms with Gasteiger partial charge in [0.1, 0.15) is 6.61 Å². The van der Waals surface area contributed by atoms with Gasteiger partial charge < -0.3 is 23.8 Å². The molecule has 0 spiro atoms. The van der Waals surface area contributed by atoms with Crippen LogP contribution in [0.2, 0.25) is 0 Å². The molecule has 0 heterocycles. The Labute approximate surface area is 354 Å². The van der Waals surface area contributed by atoms with Crippen LogP contribution in [0.15, 0.2) is 97.2 Å². The van der Waals surface area contributed by atoms with Gasteiger partial charge in [-0.3, -0.25) is 9.59 Å². The van der Waals surface area contributed by atoms with Gasteiger partial charge in [0.25, 0.3) is 0 Å². The molecule has 1 N–H and O–H groups in total. The second-order valence-corrected chi connectivity index (χ2v) is 15.6. The molecule has 0 aliphatic heterocycles. The first-order valence-corrected chi connectivity index (χ1v) is 22.3. The van der Waals surface area contributed by atoms with E-state index in [4.69, 9.17) is 14.2 Å². The van der Waals surface area contributed by atoms with E-state index < -0.39 is 18.1 Å². The summed E-state index contributed by atoms with van der Waals surface area (Å²) >= 11 is 0. The summed E-state index contributed by atoms with van der Waals surface area (Å²) in [5.41, 5.74) is 0. The van der Waals surface area contributed by atoms with Crippen molar-refractivity contribution in [3.05, 3.63) is 97.2 Å². The van der Waals surface area contributed by atoms with Crippen LogP contribution in [0.25, 0.3) is 0 Å². The first kappa shape index (κ1) is 54.2. The Balaban J connectivity index is 4.41. The van der Waals surface area contributed by atoms with Gasteiger partial charge in [-0.25, -0.2) is 4.79 Å². The molecule has 0 amide bonds. The lowest BCUT2D eigenvalue weighted by Crippen LogP contribution is -2.50. The van der Waals surface area contributed by atoms with Crippen molar-refractivity contribution in [3.8, 4) is 0 Å². The molecule has 2 unspecified atom stereocenters. The van der Waals surface area contributed by atoms with Gasteiger partial charge in [-0.15, -0.1) is 0 Å². The van der Waals surface area contributed by atoms with Crippen LogP contribution in [0.5, 0.6) is 0 Å². The molecule has 0 fully saturated rings. The minimum absolute atomic E-state index is 0.0400. The summed E-state index contributed by atoms with van der Waals surface area (Å²) in [5, 5.41) is 9.62. The van der Waals surface area contributed by atoms with Crippen molar-refractivity contribution in [1.29, 1.82) is 0 Å². The lowest BCUT2D eigenvalue weighted by molar-refractivity contribution is -0.887. The predicted molar refractivity (Wildman–Crippen MR) is 243 cm³/mol. The Morgan fingerprint density at radius 3 is 1.55 bits per heavy atom. The number of hydrogen-bond donors (Lipinski definition) is 1. The lowest BCUT2D eigenvalue weighted by atomic mass is 10.1. The molecule has 0 aromatic carbocycles. The normalized spacial score (nSPS) is 13.9. The average Bonchev–Trinajstić information content (AvgIpc) is 3.18. The van der Waals surface area contributed by atoms with E-state index in [1.165, 1.54) is 12.8 Å². The Hall–Kier alpha value is -3.75. The maximum absolute atomic E-state index is 12.7. The molecule has 8 nitrogen and oxygen atoms in total. The van der Waals surface area contributed by atoms with Gasteiger partial charge >= 0.3 is 17.9 Å². The van der Waals surface area contributed by atoms with E-state index >= 15 is 0 Å². The summed E-state index contributed by atoms with van der Waals surface area (Å²) in [7, 11) is 5.50. The van der Waals surface area contributed by atoms with Gasteiger partial charge in [0, 0.05) is 19.3 Å². The Morgan fingerprint density at radius 1 is 0.534 bits per heavy atom. The van der Waals surface area contributed by atoms with E-state index in [-0.39, 0.29) is 36.2 Å². The van der Waals surface area contributed by atoms with Gasteiger partial charge in [0.05, 0.1) is 34.4 Å². The first-order valence-electron chi connectivity index (χ1n) is 22.3. The van der Waals surface area contributed by atoms with Gasteiger partial charge in [0.15, 0.2) is 12.1 Å². The molecule has 0 aliphatic carbocycles. The number of likely N-dealkylation sites (N-methyl/N-ethyl adjacent to an activating group) is 1. The molecule has 328 valence electrons. The highest BCUT2D eigenvalue weighted by Gasteiger charge is 2.31. The summed E-state index contributed by atoms with van der Waals surface area (Å²) in [6.45, 7) is 4.42. The molecule has 0 saturated carbocycles. The number of allylic oxidation sites excluding steroid dienone is 16. The Bertz CT molecular complexity index is 1260. The number of esters is 2. The number of carbonyl (C=O) groups is 3. The van der Waals surface area contributed by atoms with E-state index in [1.807, 2.05) is 51.5 Å². The number of nitrogens with zero attached hydrogens (tertiary/aromatic N) is 1. The standard InChI is InChI=1S/C50H81NO7/c1-6-8-10-12-14-16-18-20-22-23-24-25-27-28-30-32-34-36-38-40-48(52)57-45-46(44-56-43-42-47(50(54)55)51(3,4)5)58-49(53)41-39-37-35-33-31-29-26-21-19-17-15-13-11-9-7-2/h8-11,13-17,19-22,24-26,46-47H,6-7,12,18,23,27-45H2,1-5H3/p+1/b10-8+,11-9+,15-13+,16-14+,19-17+,22-20+,25-24+,26-21+. The van der Waals surface area contributed by atoms with Crippen molar-refractivity contribution >= 4 is 17.9 Å². The smallest absolute Gasteiger partial charge is 0.362 e. The largest absolute Gasteiger partial charge is 0.477 e. The zero-order chi connectivity index (χ0) is 42.8. The molecular formula is C50H82NO7+. The zero-order valence-electron chi connectivity index (χ0n) is 37.2. The Kier molecular flexibility index (Phi) is 37.5. The van der Waals surface area contributed by atoms with Crippen LogP contribution in [0.4, 0.5) is 0 Å². The average molecular weight is 809 g/mol. The van der Waals surface area contributed by atoms with E-state index in [0.29, 0.717) is 19.3 Å². The number of ether oxygens (including phenoxy) is 3. The quantitative estimate of drug-likeness (QED) is 0.0218. The monoisotopic (exact) mass is 809 g/mol. The number of carboxylic acid groups (broad SMARTS) is 1. The number of carboxylic acids is 1. The van der Waals surface area contributed by atoms with Crippen LogP contribution in [0, 0.1) is 0 Å². The first-order chi connectivity index (χ1) is 28.1. The third kappa shape index (κ3) is 37.8. The van der Waals surface area contributed by atoms with Crippen LogP contribution >= 0.6 is 0 Å². The summed E-state index contributed by atoms with van der Waals surface area (Å²) in [6.07, 6.45) is 53.0. The molecule has 0 aromatic rings. The molecule has 2 atom stereocenters. The van der Waals surface area contributed by atoms with Crippen molar-refractivity contribution < 1.29 is 38.2 Å². The third-order valence-corrected chi connectivity index (χ3v) is 9.32. The van der Waals surface area contributed by atoms with Gasteiger partial charge in [-0.1, -0.05) is 156 Å². The maximum Gasteiger partial charge on any atom is 0.362 e. The number of rotatable bonds is 38. The van der Waals surface area contributed by atoms with Gasteiger partial charge in [-0.05, 0) is 70.6 Å². The van der Waals surface area contributed by atoms with Crippen LogP contribution in [-0.4, -0.2) is 80.6 Å². The van der Waals surface area contributed by atoms with Crippen molar-refractivity contribution in [2.45, 2.75) is 161 Å². The second-order valence-electron chi connectivity index (χ2n) is 15.6. The fourth-order valence-corrected chi connectivity index (χ4v) is 5.91. The van der Waals surface area contributed by atoms with E-state index in [9.17, 15) is 19.5 Å². The van der Waals surface area contributed by atoms with Crippen molar-refractivity contribution in [2.24, 2.45) is 0 Å². The van der Waals surface area contributed by atoms with Crippen LogP contribution in [-0.2, 0) is 28.6 Å². The molecule has 0 radical (unpaired) electrons. The molecule has 0 aliphatic rings. The fourth-order valence-electron chi connectivity index (χ4n) is 5.91. The highest BCUT2D eigenvalue weighted by molar-refractivity contribution is 5.72. The topological polar surface area (TPSA) is 99.1 Å². The number of hydrogen-bond acceptors (Lipinski definition) is 6. The molecule has 0 aromatic heterocycles. The SMILES string of the molecule is CC/C=C/C=C/C=C/C=C/CCCCCCCC(=O)OC(COCCC(C(=O)O)[N+](C)(C)C)COC(=O)CCCCCCCC/C=C/C/C=C/C/C=C/C/C=C/CC. The van der Waals surface area contributed by atoms with E-state index in [2.05, 4.69) is 80.7 Å². The summed E-state index contributed by atoms with van der Waals surface area (Å²) in [4.78, 5) is 37.0. The lowest BCUT2D eigenvalue weighted by Gasteiger charge is -2.31. The van der Waals surface area contributed by atoms with Gasteiger partial charge in [0.2, 0.25) is 0 Å². The van der Waals surface area contributed by atoms with Crippen LogP contribution in [0.3, 0.4) is 0 Å². The third-order valence-electron chi connectivity index (χ3n) is 9.32. The molecule has 58 heavy (non-hydrogen) atoms. The highest BCUT2D eigenvalue weighted by atomic mass is 16.6. The highest BCUT2D eigenvalue weighted by Crippen LogP contribution is 2.13. The summed E-state index contributed by atoms with van der Waals surface area (Å²) < 4.78 is 17.2. The van der Waals surface area contributed by atoms with Crippen LogP contribution < -0.4 is 0 Å². The molecule has 8 heteroatoms. The van der Waals surface area contributed by atoms with Crippen molar-refractivity contribution in [2.75, 3.05) is 41.0 Å². The molecule has 0 saturated heterocycles. The summed E-state index contributed by atoms with van der Waals surface area (Å²) in [6, 6.07) is -0.627.